The van der Waals surface area contributed by atoms with E-state index in [9.17, 15) is 4.79 Å². The maximum absolute atomic E-state index is 11.2. The second kappa shape index (κ2) is 1.36. The highest BCUT2D eigenvalue weighted by atomic mass is 16.1. The van der Waals surface area contributed by atoms with Crippen molar-refractivity contribution in [1.29, 1.82) is 0 Å². The maximum Gasteiger partial charge on any atom is 0.136 e. The zero-order valence-electron chi connectivity index (χ0n) is 5.79. The van der Waals surface area contributed by atoms with Crippen LogP contribution >= 0.6 is 0 Å². The van der Waals surface area contributed by atoms with Crippen LogP contribution in [-0.2, 0) is 4.79 Å². The predicted molar refractivity (Wildman–Crippen MR) is 37.3 cm³/mol. The number of carbonyl (C=O) groups excluding carboxylic acids is 1. The van der Waals surface area contributed by atoms with Gasteiger partial charge < -0.3 is 0 Å². The fraction of sp³-hybridized carbons (Fsp3) is 0.667. The Hall–Kier alpha value is -0.590. The van der Waals surface area contributed by atoms with Crippen molar-refractivity contribution in [2.24, 2.45) is 23.7 Å². The minimum atomic E-state index is 0.444. The van der Waals surface area contributed by atoms with Crippen molar-refractivity contribution in [3.8, 4) is 0 Å². The van der Waals surface area contributed by atoms with Crippen LogP contribution in [0.15, 0.2) is 12.2 Å². The number of rotatable bonds is 0. The van der Waals surface area contributed by atoms with Crippen molar-refractivity contribution in [1.82, 2.24) is 0 Å². The van der Waals surface area contributed by atoms with Crippen LogP contribution in [0, 0.1) is 23.7 Å². The van der Waals surface area contributed by atoms with Gasteiger partial charge in [-0.05, 0) is 24.2 Å². The molecule has 0 spiro atoms. The molecule has 2 saturated carbocycles. The molecule has 2 fully saturated rings. The van der Waals surface area contributed by atoms with Gasteiger partial charge in [0.05, 0.1) is 0 Å². The lowest BCUT2D eigenvalue weighted by Gasteiger charge is -2.15. The molecule has 0 heterocycles. The predicted octanol–water partition coefficient (Wildman–Crippen LogP) is 1.40. The van der Waals surface area contributed by atoms with E-state index in [1.165, 1.54) is 6.42 Å². The third kappa shape index (κ3) is 0.377. The summed E-state index contributed by atoms with van der Waals surface area (Å²) in [6, 6.07) is 0. The Morgan fingerprint density at radius 3 is 2.90 bits per heavy atom. The third-order valence-electron chi connectivity index (χ3n) is 3.47. The van der Waals surface area contributed by atoms with Gasteiger partial charge in [-0.3, -0.25) is 4.79 Å². The highest BCUT2D eigenvalue weighted by Crippen LogP contribution is 2.55. The fourth-order valence-corrected chi connectivity index (χ4v) is 3.00. The number of allylic oxidation sites excluding steroid dienone is 2. The van der Waals surface area contributed by atoms with E-state index in [2.05, 4.69) is 12.2 Å². The first kappa shape index (κ1) is 5.11. The zero-order chi connectivity index (χ0) is 6.72. The van der Waals surface area contributed by atoms with Crippen LogP contribution in [0.4, 0.5) is 0 Å². The van der Waals surface area contributed by atoms with Crippen molar-refractivity contribution in [2.45, 2.75) is 12.8 Å². The lowest BCUT2D eigenvalue weighted by molar-refractivity contribution is -0.122. The third-order valence-corrected chi connectivity index (χ3v) is 3.47. The molecule has 0 aromatic rings. The summed E-state index contributed by atoms with van der Waals surface area (Å²) < 4.78 is 0. The number of ketones is 1. The van der Waals surface area contributed by atoms with E-state index in [0.29, 0.717) is 17.6 Å². The molecule has 4 atom stereocenters. The quantitative estimate of drug-likeness (QED) is 0.458. The Morgan fingerprint density at radius 1 is 1.40 bits per heavy atom. The molecular weight excluding hydrogens is 124 g/mol. The molecule has 4 bridgehead atoms. The van der Waals surface area contributed by atoms with Gasteiger partial charge >= 0.3 is 0 Å². The molecule has 3 rings (SSSR count). The highest BCUT2D eigenvalue weighted by molar-refractivity contribution is 5.86. The minimum Gasteiger partial charge on any atom is -0.299 e. The Balaban J connectivity index is 2.10. The second-order valence-electron chi connectivity index (χ2n) is 3.80. The number of hydrogen-bond donors (Lipinski definition) is 0. The van der Waals surface area contributed by atoms with Crippen LogP contribution < -0.4 is 0 Å². The molecule has 3 aliphatic rings. The van der Waals surface area contributed by atoms with Crippen molar-refractivity contribution in [3.63, 3.8) is 0 Å². The minimum absolute atomic E-state index is 0.444. The molecule has 0 aromatic heterocycles. The van der Waals surface area contributed by atoms with E-state index in [4.69, 9.17) is 0 Å². The summed E-state index contributed by atoms with van der Waals surface area (Å²) in [6.45, 7) is 0. The molecule has 52 valence electrons. The van der Waals surface area contributed by atoms with E-state index in [1.54, 1.807) is 0 Å². The van der Waals surface area contributed by atoms with Gasteiger partial charge in [0.1, 0.15) is 5.78 Å². The molecule has 0 amide bonds. The van der Waals surface area contributed by atoms with Gasteiger partial charge in [0.15, 0.2) is 0 Å². The first-order chi connectivity index (χ1) is 4.86. The van der Waals surface area contributed by atoms with Gasteiger partial charge in [-0.25, -0.2) is 0 Å². The first-order valence-electron chi connectivity index (χ1n) is 4.07. The number of hydrogen-bond acceptors (Lipinski definition) is 1. The normalized spacial score (nSPS) is 55.0. The van der Waals surface area contributed by atoms with Crippen molar-refractivity contribution < 1.29 is 4.79 Å². The van der Waals surface area contributed by atoms with Crippen LogP contribution in [0.3, 0.4) is 0 Å². The smallest absolute Gasteiger partial charge is 0.136 e. The molecule has 1 heteroatoms. The van der Waals surface area contributed by atoms with Gasteiger partial charge in [-0.15, -0.1) is 0 Å². The molecule has 10 heavy (non-hydrogen) atoms. The largest absolute Gasteiger partial charge is 0.299 e. The van der Waals surface area contributed by atoms with E-state index in [0.717, 1.165) is 18.3 Å². The van der Waals surface area contributed by atoms with Gasteiger partial charge in [-0.2, -0.15) is 0 Å². The highest BCUT2D eigenvalue weighted by Gasteiger charge is 2.53. The molecule has 0 radical (unpaired) electrons. The summed E-state index contributed by atoms with van der Waals surface area (Å²) in [5.41, 5.74) is 0. The van der Waals surface area contributed by atoms with Crippen LogP contribution in [0.25, 0.3) is 0 Å². The molecule has 3 aliphatic carbocycles. The average molecular weight is 134 g/mol. The van der Waals surface area contributed by atoms with Gasteiger partial charge in [-0.1, -0.05) is 12.2 Å². The summed E-state index contributed by atoms with van der Waals surface area (Å²) >= 11 is 0. The van der Waals surface area contributed by atoms with E-state index >= 15 is 0 Å². The molecule has 0 aliphatic heterocycles. The van der Waals surface area contributed by atoms with Gasteiger partial charge in [0.2, 0.25) is 0 Å². The molecule has 0 unspecified atom stereocenters. The van der Waals surface area contributed by atoms with Crippen LogP contribution in [0.1, 0.15) is 12.8 Å². The standard InChI is InChI=1S/C9H10O/c10-9-4-7-5-1-2-6(7)8(9)3-5/h1-2,5-8H,3-4H2/t5-,6-,7+,8-/m0/s1. The Bertz CT molecular complexity index is 229. The summed E-state index contributed by atoms with van der Waals surface area (Å²) in [6.07, 6.45) is 6.64. The molecule has 0 N–H and O–H groups in total. The number of carbonyl (C=O) groups is 1. The summed E-state index contributed by atoms with van der Waals surface area (Å²) in [4.78, 5) is 11.2. The SMILES string of the molecule is O=C1C[C@H]2[C@@H]3C=C[C@H]2C[C@H]13. The summed E-state index contributed by atoms with van der Waals surface area (Å²) in [5.74, 6) is 3.17. The zero-order valence-corrected chi connectivity index (χ0v) is 5.79. The van der Waals surface area contributed by atoms with Gasteiger partial charge in [0.25, 0.3) is 0 Å². The van der Waals surface area contributed by atoms with E-state index in [1.807, 2.05) is 0 Å². The monoisotopic (exact) mass is 134 g/mol. The van der Waals surface area contributed by atoms with Crippen molar-refractivity contribution in [3.05, 3.63) is 12.2 Å². The summed E-state index contributed by atoms with van der Waals surface area (Å²) in [5, 5.41) is 0. The average Bonchev–Trinajstić information content (AvgIpc) is 2.53. The van der Waals surface area contributed by atoms with Crippen LogP contribution in [0.5, 0.6) is 0 Å². The first-order valence-corrected chi connectivity index (χ1v) is 4.07. The lowest BCUT2D eigenvalue weighted by atomic mass is 9.88. The molecule has 0 saturated heterocycles. The summed E-state index contributed by atoms with van der Waals surface area (Å²) in [7, 11) is 0. The van der Waals surface area contributed by atoms with Gasteiger partial charge in [0, 0.05) is 12.3 Å². The maximum atomic E-state index is 11.2. The fourth-order valence-electron chi connectivity index (χ4n) is 3.00. The molecule has 1 nitrogen and oxygen atoms in total. The topological polar surface area (TPSA) is 17.1 Å². The Labute approximate surface area is 60.1 Å². The lowest BCUT2D eigenvalue weighted by Crippen LogP contribution is -2.16. The Kier molecular flexibility index (Phi) is 0.697. The van der Waals surface area contributed by atoms with Crippen LogP contribution in [0.2, 0.25) is 0 Å². The second-order valence-corrected chi connectivity index (χ2v) is 3.80. The van der Waals surface area contributed by atoms with Crippen molar-refractivity contribution in [2.75, 3.05) is 0 Å². The van der Waals surface area contributed by atoms with E-state index in [-0.39, 0.29) is 0 Å². The van der Waals surface area contributed by atoms with E-state index < -0.39 is 0 Å². The number of Topliss-reactive ketones (excluding diaryl/α,β-unsaturated/α-hetero) is 1. The van der Waals surface area contributed by atoms with Crippen molar-refractivity contribution >= 4 is 5.78 Å². The molecule has 0 aromatic carbocycles. The molecular formula is C9H10O. The van der Waals surface area contributed by atoms with Crippen LogP contribution in [-0.4, -0.2) is 5.78 Å². The Morgan fingerprint density at radius 2 is 2.30 bits per heavy atom.